The number of ether oxygens (including phenoxy) is 2. The van der Waals surface area contributed by atoms with Crippen LogP contribution in [0.3, 0.4) is 0 Å². The molecule has 1 rings (SSSR count). The molecule has 90 valence electrons. The van der Waals surface area contributed by atoms with Gasteiger partial charge >= 0.3 is 6.36 Å². The topological polar surface area (TPSA) is 51.6 Å². The Bertz CT molecular complexity index is 379. The third-order valence-electron chi connectivity index (χ3n) is 1.79. The molecule has 7 heteroatoms. The van der Waals surface area contributed by atoms with Gasteiger partial charge in [-0.1, -0.05) is 0 Å². The summed E-state index contributed by atoms with van der Waals surface area (Å²) in [7, 11) is 1.33. The third kappa shape index (κ3) is 2.99. The van der Waals surface area contributed by atoms with Crippen molar-refractivity contribution in [3.63, 3.8) is 0 Å². The molecule has 0 aliphatic rings. The highest BCUT2D eigenvalue weighted by molar-refractivity contribution is 5.37. The molecule has 1 N–H and O–H groups in total. The number of methoxy groups -OCH3 is 1. The van der Waals surface area contributed by atoms with Gasteiger partial charge < -0.3 is 14.6 Å². The zero-order valence-electron chi connectivity index (χ0n) is 8.63. The number of hydrogen-bond donors (Lipinski definition) is 1. The van der Waals surface area contributed by atoms with Gasteiger partial charge in [0.15, 0.2) is 0 Å². The second-order valence-electron chi connectivity index (χ2n) is 2.97. The predicted octanol–water partition coefficient (Wildman–Crippen LogP) is 1.79. The van der Waals surface area contributed by atoms with Crippen LogP contribution < -0.4 is 9.47 Å². The van der Waals surface area contributed by atoms with Crippen molar-refractivity contribution in [3.05, 3.63) is 17.3 Å². The van der Waals surface area contributed by atoms with Crippen LogP contribution in [-0.2, 0) is 6.61 Å². The quantitative estimate of drug-likeness (QED) is 0.870. The van der Waals surface area contributed by atoms with Crippen molar-refractivity contribution in [2.45, 2.75) is 19.9 Å². The van der Waals surface area contributed by atoms with E-state index in [-0.39, 0.29) is 17.0 Å². The minimum atomic E-state index is -4.81. The molecule has 1 heterocycles. The zero-order chi connectivity index (χ0) is 12.3. The molecule has 0 spiro atoms. The van der Waals surface area contributed by atoms with Crippen LogP contribution in [0.15, 0.2) is 6.07 Å². The van der Waals surface area contributed by atoms with Gasteiger partial charge in [0.2, 0.25) is 5.88 Å². The Morgan fingerprint density at radius 3 is 2.50 bits per heavy atom. The molecule has 0 unspecified atom stereocenters. The van der Waals surface area contributed by atoms with Crippen LogP contribution in [0.1, 0.15) is 11.3 Å². The van der Waals surface area contributed by atoms with Crippen LogP contribution in [0.5, 0.6) is 11.6 Å². The fraction of sp³-hybridized carbons (Fsp3) is 0.444. The fourth-order valence-corrected chi connectivity index (χ4v) is 1.11. The van der Waals surface area contributed by atoms with Gasteiger partial charge in [0.25, 0.3) is 0 Å². The third-order valence-corrected chi connectivity index (χ3v) is 1.79. The second kappa shape index (κ2) is 4.56. The first kappa shape index (κ1) is 12.6. The van der Waals surface area contributed by atoms with E-state index < -0.39 is 18.8 Å². The Kier molecular flexibility index (Phi) is 3.58. The average Bonchev–Trinajstić information content (AvgIpc) is 2.18. The summed E-state index contributed by atoms with van der Waals surface area (Å²) in [6, 6.07) is 1.32. The molecule has 1 aromatic heterocycles. The molecule has 0 aliphatic carbocycles. The number of aromatic nitrogens is 1. The Morgan fingerprint density at radius 1 is 1.44 bits per heavy atom. The molecule has 16 heavy (non-hydrogen) atoms. The first-order valence-corrected chi connectivity index (χ1v) is 4.28. The number of pyridine rings is 1. The van der Waals surface area contributed by atoms with Gasteiger partial charge in [-0.3, -0.25) is 0 Å². The van der Waals surface area contributed by atoms with Gasteiger partial charge in [0.1, 0.15) is 11.4 Å². The van der Waals surface area contributed by atoms with Crippen molar-refractivity contribution in [2.24, 2.45) is 0 Å². The lowest BCUT2D eigenvalue weighted by molar-refractivity contribution is -0.276. The van der Waals surface area contributed by atoms with Crippen molar-refractivity contribution in [1.29, 1.82) is 0 Å². The largest absolute Gasteiger partial charge is 0.574 e. The van der Waals surface area contributed by atoms with Gasteiger partial charge in [-0.05, 0) is 13.0 Å². The van der Waals surface area contributed by atoms with Crippen molar-refractivity contribution in [1.82, 2.24) is 4.98 Å². The molecule has 0 aromatic carbocycles. The number of aryl methyl sites for hydroxylation is 1. The summed E-state index contributed by atoms with van der Waals surface area (Å²) in [5, 5.41) is 8.88. The van der Waals surface area contributed by atoms with E-state index in [1.807, 2.05) is 0 Å². The van der Waals surface area contributed by atoms with Crippen molar-refractivity contribution in [3.8, 4) is 11.6 Å². The van der Waals surface area contributed by atoms with E-state index in [0.29, 0.717) is 0 Å². The highest BCUT2D eigenvalue weighted by Crippen LogP contribution is 2.28. The van der Waals surface area contributed by atoms with Crippen LogP contribution in [0.2, 0.25) is 0 Å². The first-order valence-electron chi connectivity index (χ1n) is 4.28. The summed E-state index contributed by atoms with van der Waals surface area (Å²) in [6.07, 6.45) is -4.81. The minimum Gasteiger partial charge on any atom is -0.495 e. The van der Waals surface area contributed by atoms with E-state index in [1.54, 1.807) is 0 Å². The van der Waals surface area contributed by atoms with Crippen LogP contribution in [0.25, 0.3) is 0 Å². The van der Waals surface area contributed by atoms with E-state index in [2.05, 4.69) is 9.72 Å². The number of aliphatic hydroxyl groups excluding tert-OH is 1. The molecule has 4 nitrogen and oxygen atoms in total. The number of aliphatic hydroxyl groups is 1. The van der Waals surface area contributed by atoms with Crippen LogP contribution in [-0.4, -0.2) is 23.6 Å². The fourth-order valence-electron chi connectivity index (χ4n) is 1.11. The smallest absolute Gasteiger partial charge is 0.495 e. The minimum absolute atomic E-state index is 0.00708. The molecule has 1 aromatic rings. The predicted molar refractivity (Wildman–Crippen MR) is 48.1 cm³/mol. The van der Waals surface area contributed by atoms with Gasteiger partial charge in [0, 0.05) is 5.56 Å². The molecule has 0 saturated carbocycles. The maximum absolute atomic E-state index is 12.0. The number of hydrogen-bond acceptors (Lipinski definition) is 4. The summed E-state index contributed by atoms with van der Waals surface area (Å²) in [6.45, 7) is 0.870. The second-order valence-corrected chi connectivity index (χ2v) is 2.97. The Balaban J connectivity index is 3.11. The SMILES string of the molecule is COc1cc(C)c(OC(F)(F)F)nc1CO. The Labute approximate surface area is 89.6 Å². The highest BCUT2D eigenvalue weighted by atomic mass is 19.4. The number of halogens is 3. The van der Waals surface area contributed by atoms with Crippen LogP contribution >= 0.6 is 0 Å². The number of nitrogens with zero attached hydrogens (tertiary/aromatic N) is 1. The van der Waals surface area contributed by atoms with E-state index in [9.17, 15) is 13.2 Å². The van der Waals surface area contributed by atoms with E-state index >= 15 is 0 Å². The lowest BCUT2D eigenvalue weighted by atomic mass is 10.2. The van der Waals surface area contributed by atoms with Crippen LogP contribution in [0, 0.1) is 6.92 Å². The monoisotopic (exact) mass is 237 g/mol. The lowest BCUT2D eigenvalue weighted by Gasteiger charge is -2.13. The number of rotatable bonds is 3. The molecular formula is C9H10F3NO3. The molecule has 0 fully saturated rings. The van der Waals surface area contributed by atoms with Gasteiger partial charge in [-0.2, -0.15) is 0 Å². The van der Waals surface area contributed by atoms with Gasteiger partial charge in [-0.25, -0.2) is 4.98 Å². The summed E-state index contributed by atoms with van der Waals surface area (Å²) < 4.78 is 44.5. The first-order chi connectivity index (χ1) is 7.37. The van der Waals surface area contributed by atoms with E-state index in [0.717, 1.165) is 0 Å². The zero-order valence-corrected chi connectivity index (χ0v) is 8.63. The molecule has 0 saturated heterocycles. The molecule has 0 amide bonds. The van der Waals surface area contributed by atoms with Crippen LogP contribution in [0.4, 0.5) is 13.2 Å². The van der Waals surface area contributed by atoms with Crippen molar-refractivity contribution >= 4 is 0 Å². The summed E-state index contributed by atoms with van der Waals surface area (Å²) >= 11 is 0. The van der Waals surface area contributed by atoms with E-state index in [4.69, 9.17) is 9.84 Å². The molecule has 0 bridgehead atoms. The van der Waals surface area contributed by atoms with Gasteiger partial charge in [0.05, 0.1) is 13.7 Å². The average molecular weight is 237 g/mol. The maximum Gasteiger partial charge on any atom is 0.574 e. The molecule has 0 atom stereocenters. The molecule has 0 aliphatic heterocycles. The summed E-state index contributed by atoms with van der Waals surface area (Å²) in [4.78, 5) is 3.53. The van der Waals surface area contributed by atoms with E-state index in [1.165, 1.54) is 20.1 Å². The number of alkyl halides is 3. The highest BCUT2D eigenvalue weighted by Gasteiger charge is 2.32. The maximum atomic E-state index is 12.0. The molecule has 0 radical (unpaired) electrons. The lowest BCUT2D eigenvalue weighted by Crippen LogP contribution is -2.19. The summed E-state index contributed by atoms with van der Waals surface area (Å²) in [5.74, 6) is -0.369. The normalized spacial score (nSPS) is 11.4. The Morgan fingerprint density at radius 2 is 2.06 bits per heavy atom. The van der Waals surface area contributed by atoms with Crippen molar-refractivity contribution < 1.29 is 27.8 Å². The standard InChI is InChI=1S/C9H10F3NO3/c1-5-3-7(15-2)6(4-14)13-8(5)16-9(10,11)12/h3,14H,4H2,1-2H3. The summed E-state index contributed by atoms with van der Waals surface area (Å²) in [5.41, 5.74) is 0.165. The Hall–Kier alpha value is -1.50. The molecular weight excluding hydrogens is 227 g/mol. The van der Waals surface area contributed by atoms with Crippen molar-refractivity contribution in [2.75, 3.05) is 7.11 Å². The van der Waals surface area contributed by atoms with Gasteiger partial charge in [-0.15, -0.1) is 13.2 Å².